The fourth-order valence-electron chi connectivity index (χ4n) is 2.99. The van der Waals surface area contributed by atoms with Crippen LogP contribution in [0.25, 0.3) is 0 Å². The Morgan fingerprint density at radius 3 is 2.14 bits per heavy atom. The molecule has 150 valence electrons. The normalized spacial score (nSPS) is 14.0. The molecule has 1 aliphatic heterocycles. The number of hydrogen-bond acceptors (Lipinski definition) is 5. The molecule has 2 heterocycles. The maximum absolute atomic E-state index is 12.7. The molecule has 1 aromatic heterocycles. The molecule has 10 heteroatoms. The van der Waals surface area contributed by atoms with Crippen molar-refractivity contribution in [3.05, 3.63) is 39.6 Å². The minimum absolute atomic E-state index is 0.244. The van der Waals surface area contributed by atoms with Gasteiger partial charge in [0, 0.05) is 44.6 Å². The van der Waals surface area contributed by atoms with Gasteiger partial charge in [-0.25, -0.2) is 4.79 Å². The largest absolute Gasteiger partial charge is 0.495 e. The van der Waals surface area contributed by atoms with Gasteiger partial charge in [0.05, 0.1) is 40.7 Å². The van der Waals surface area contributed by atoms with E-state index in [1.54, 1.807) is 29.4 Å². The van der Waals surface area contributed by atoms with Gasteiger partial charge in [0.1, 0.15) is 11.5 Å². The van der Waals surface area contributed by atoms with Crippen LogP contribution >= 0.6 is 34.8 Å². The van der Waals surface area contributed by atoms with Gasteiger partial charge in [0.2, 0.25) is 0 Å². The summed E-state index contributed by atoms with van der Waals surface area (Å²) in [5, 5.41) is 4.20. The Labute approximate surface area is 178 Å². The van der Waals surface area contributed by atoms with Crippen molar-refractivity contribution in [3.8, 4) is 11.5 Å². The van der Waals surface area contributed by atoms with Crippen LogP contribution in [0.3, 0.4) is 0 Å². The van der Waals surface area contributed by atoms with Crippen LogP contribution in [0.5, 0.6) is 11.5 Å². The molecule has 0 radical (unpaired) electrons. The molecule has 1 fully saturated rings. The first-order valence-electron chi connectivity index (χ1n) is 8.46. The van der Waals surface area contributed by atoms with Crippen LogP contribution in [0.4, 0.5) is 16.2 Å². The van der Waals surface area contributed by atoms with Crippen LogP contribution in [0.1, 0.15) is 0 Å². The zero-order valence-electron chi connectivity index (χ0n) is 15.3. The third-order valence-corrected chi connectivity index (χ3v) is 5.28. The predicted octanol–water partition coefficient (Wildman–Crippen LogP) is 4.41. The molecule has 2 aromatic rings. The Bertz CT molecular complexity index is 853. The number of anilines is 2. The molecule has 0 atom stereocenters. The smallest absolute Gasteiger partial charge is 0.322 e. The van der Waals surface area contributed by atoms with Gasteiger partial charge >= 0.3 is 6.03 Å². The molecule has 0 bridgehead atoms. The lowest BCUT2D eigenvalue weighted by Crippen LogP contribution is -2.50. The summed E-state index contributed by atoms with van der Waals surface area (Å²) in [6.45, 7) is 2.20. The fraction of sp³-hybridized carbons (Fsp3) is 0.333. The third-order valence-electron chi connectivity index (χ3n) is 4.43. The highest BCUT2D eigenvalue weighted by atomic mass is 35.5. The molecule has 7 nitrogen and oxygen atoms in total. The predicted molar refractivity (Wildman–Crippen MR) is 112 cm³/mol. The summed E-state index contributed by atoms with van der Waals surface area (Å²) in [6.07, 6.45) is 3.11. The first kappa shape index (κ1) is 20.6. The highest BCUT2D eigenvalue weighted by molar-refractivity contribution is 6.38. The second-order valence-electron chi connectivity index (χ2n) is 6.04. The SMILES string of the molecule is COc1cc(OC)c(NC(=O)N2CCN(c3c(Cl)cncc3Cl)CC2)cc1Cl. The molecule has 1 N–H and O–H groups in total. The van der Waals surface area contributed by atoms with Crippen molar-refractivity contribution in [2.45, 2.75) is 0 Å². The number of ether oxygens (including phenoxy) is 2. The number of nitrogens with zero attached hydrogens (tertiary/aromatic N) is 3. The number of benzene rings is 1. The number of carbonyl (C=O) groups excluding carboxylic acids is 1. The van der Waals surface area contributed by atoms with Crippen LogP contribution in [0, 0.1) is 0 Å². The maximum atomic E-state index is 12.7. The molecule has 2 amide bonds. The van der Waals surface area contributed by atoms with Crippen molar-refractivity contribution in [2.75, 3.05) is 50.6 Å². The number of halogens is 3. The molecule has 1 aromatic carbocycles. The number of pyridine rings is 1. The average molecular weight is 446 g/mol. The van der Waals surface area contributed by atoms with Crippen molar-refractivity contribution in [2.24, 2.45) is 0 Å². The van der Waals surface area contributed by atoms with E-state index in [0.29, 0.717) is 58.4 Å². The third kappa shape index (κ3) is 4.32. The number of carbonyl (C=O) groups is 1. The van der Waals surface area contributed by atoms with Gasteiger partial charge < -0.3 is 24.6 Å². The summed E-state index contributed by atoms with van der Waals surface area (Å²) in [6, 6.07) is 2.99. The summed E-state index contributed by atoms with van der Waals surface area (Å²) in [7, 11) is 3.03. The zero-order valence-corrected chi connectivity index (χ0v) is 17.6. The topological polar surface area (TPSA) is 66.9 Å². The quantitative estimate of drug-likeness (QED) is 0.755. The Morgan fingerprint density at radius 2 is 1.57 bits per heavy atom. The van der Waals surface area contributed by atoms with E-state index in [9.17, 15) is 4.79 Å². The average Bonchev–Trinajstić information content (AvgIpc) is 2.68. The fourth-order valence-corrected chi connectivity index (χ4v) is 3.84. The molecule has 1 aliphatic rings. The van der Waals surface area contributed by atoms with E-state index in [1.807, 2.05) is 4.90 Å². The van der Waals surface area contributed by atoms with E-state index in [2.05, 4.69) is 10.3 Å². The number of hydrogen-bond donors (Lipinski definition) is 1. The van der Waals surface area contributed by atoms with Gasteiger partial charge in [0.25, 0.3) is 0 Å². The van der Waals surface area contributed by atoms with Gasteiger partial charge in [-0.15, -0.1) is 0 Å². The number of rotatable bonds is 4. The van der Waals surface area contributed by atoms with Crippen molar-refractivity contribution in [1.29, 1.82) is 0 Å². The lowest BCUT2D eigenvalue weighted by Gasteiger charge is -2.36. The summed E-state index contributed by atoms with van der Waals surface area (Å²) in [5.41, 5.74) is 1.21. The molecule has 1 saturated heterocycles. The van der Waals surface area contributed by atoms with Gasteiger partial charge in [-0.2, -0.15) is 0 Å². The van der Waals surface area contributed by atoms with Crippen molar-refractivity contribution in [3.63, 3.8) is 0 Å². The van der Waals surface area contributed by atoms with E-state index in [4.69, 9.17) is 44.3 Å². The number of nitrogens with one attached hydrogen (secondary N) is 1. The second-order valence-corrected chi connectivity index (χ2v) is 7.26. The zero-order chi connectivity index (χ0) is 20.3. The lowest BCUT2D eigenvalue weighted by molar-refractivity contribution is 0.208. The highest BCUT2D eigenvalue weighted by Gasteiger charge is 2.25. The van der Waals surface area contributed by atoms with E-state index < -0.39 is 0 Å². The van der Waals surface area contributed by atoms with E-state index in [-0.39, 0.29) is 6.03 Å². The van der Waals surface area contributed by atoms with Gasteiger partial charge in [0.15, 0.2) is 0 Å². The molecule has 0 saturated carbocycles. The molecular weight excluding hydrogens is 427 g/mol. The van der Waals surface area contributed by atoms with E-state index in [1.165, 1.54) is 14.2 Å². The number of methoxy groups -OCH3 is 2. The number of piperazine rings is 1. The monoisotopic (exact) mass is 444 g/mol. The first-order chi connectivity index (χ1) is 13.4. The minimum Gasteiger partial charge on any atom is -0.495 e. The first-order valence-corrected chi connectivity index (χ1v) is 9.59. The molecule has 3 rings (SSSR count). The molecular formula is C18H19Cl3N4O3. The van der Waals surface area contributed by atoms with Gasteiger partial charge in [-0.3, -0.25) is 4.98 Å². The Morgan fingerprint density at radius 1 is 0.964 bits per heavy atom. The standard InChI is InChI=1S/C18H19Cl3N4O3/c1-27-15-8-16(28-2)14(7-11(15)19)23-18(26)25-5-3-24(4-6-25)17-12(20)9-22-10-13(17)21/h7-10H,3-6H2,1-2H3,(H,23,26). The molecule has 0 unspecified atom stereocenters. The van der Waals surface area contributed by atoms with Crippen LogP contribution in [0.2, 0.25) is 15.1 Å². The summed E-state index contributed by atoms with van der Waals surface area (Å²) in [4.78, 5) is 20.4. The van der Waals surface area contributed by atoms with Gasteiger partial charge in [-0.1, -0.05) is 34.8 Å². The maximum Gasteiger partial charge on any atom is 0.322 e. The molecule has 28 heavy (non-hydrogen) atoms. The number of aromatic nitrogens is 1. The van der Waals surface area contributed by atoms with Crippen molar-refractivity contribution in [1.82, 2.24) is 9.88 Å². The van der Waals surface area contributed by atoms with Crippen LogP contribution in [-0.2, 0) is 0 Å². The minimum atomic E-state index is -0.244. The van der Waals surface area contributed by atoms with Gasteiger partial charge in [-0.05, 0) is 6.07 Å². The highest BCUT2D eigenvalue weighted by Crippen LogP contribution is 2.36. The molecule has 0 spiro atoms. The Balaban J connectivity index is 1.67. The van der Waals surface area contributed by atoms with Crippen molar-refractivity contribution >= 4 is 52.2 Å². The van der Waals surface area contributed by atoms with E-state index >= 15 is 0 Å². The Hall–Kier alpha value is -2.09. The number of urea groups is 1. The molecule has 0 aliphatic carbocycles. The van der Waals surface area contributed by atoms with Crippen molar-refractivity contribution < 1.29 is 14.3 Å². The van der Waals surface area contributed by atoms with Crippen LogP contribution < -0.4 is 19.7 Å². The van der Waals surface area contributed by atoms with E-state index in [0.717, 1.165) is 5.69 Å². The summed E-state index contributed by atoms with van der Waals surface area (Å²) < 4.78 is 10.5. The summed E-state index contributed by atoms with van der Waals surface area (Å²) in [5.74, 6) is 0.930. The lowest BCUT2D eigenvalue weighted by atomic mass is 10.2. The Kier molecular flexibility index (Phi) is 6.59. The number of amides is 2. The second kappa shape index (κ2) is 8.94. The van der Waals surface area contributed by atoms with Crippen LogP contribution in [-0.4, -0.2) is 56.3 Å². The van der Waals surface area contributed by atoms with Crippen LogP contribution in [0.15, 0.2) is 24.5 Å². The summed E-state index contributed by atoms with van der Waals surface area (Å²) >= 11 is 18.6.